The molecule has 0 fully saturated rings. The Bertz CT molecular complexity index is 371. The van der Waals surface area contributed by atoms with Gasteiger partial charge in [0.25, 0.3) is 0 Å². The van der Waals surface area contributed by atoms with Crippen LogP contribution in [0.4, 0.5) is 0 Å². The van der Waals surface area contributed by atoms with Gasteiger partial charge < -0.3 is 25.7 Å². The standard InChI is InChI=1S/C13H21NO4/c1-9-3-11(4-10(2)12(9)18)5-14-13(6-15,7-16)8-17/h3-4,14-18H,5-8H2,1-2H3. The Morgan fingerprint density at radius 1 is 1.00 bits per heavy atom. The van der Waals surface area contributed by atoms with E-state index < -0.39 is 5.54 Å². The van der Waals surface area contributed by atoms with Crippen LogP contribution in [0, 0.1) is 13.8 Å². The van der Waals surface area contributed by atoms with Gasteiger partial charge in [0.1, 0.15) is 5.75 Å². The Hall–Kier alpha value is -1.14. The van der Waals surface area contributed by atoms with Gasteiger partial charge in [-0.15, -0.1) is 0 Å². The summed E-state index contributed by atoms with van der Waals surface area (Å²) in [4.78, 5) is 0. The molecule has 1 rings (SSSR count). The molecule has 0 aromatic heterocycles. The maximum absolute atomic E-state index is 9.66. The summed E-state index contributed by atoms with van der Waals surface area (Å²) in [7, 11) is 0. The smallest absolute Gasteiger partial charge is 0.121 e. The number of rotatable bonds is 6. The van der Waals surface area contributed by atoms with E-state index in [0.717, 1.165) is 16.7 Å². The van der Waals surface area contributed by atoms with Gasteiger partial charge in [0.15, 0.2) is 0 Å². The van der Waals surface area contributed by atoms with Gasteiger partial charge >= 0.3 is 0 Å². The second-order valence-corrected chi connectivity index (χ2v) is 4.69. The molecule has 0 aliphatic heterocycles. The molecule has 0 radical (unpaired) electrons. The van der Waals surface area contributed by atoms with Gasteiger partial charge in [-0.05, 0) is 30.5 Å². The first kappa shape index (κ1) is 14.9. The topological polar surface area (TPSA) is 93.0 Å². The largest absolute Gasteiger partial charge is 0.507 e. The molecular formula is C13H21NO4. The van der Waals surface area contributed by atoms with Crippen molar-refractivity contribution >= 4 is 0 Å². The van der Waals surface area contributed by atoms with Crippen LogP contribution in [0.5, 0.6) is 5.75 Å². The first-order chi connectivity index (χ1) is 8.48. The van der Waals surface area contributed by atoms with Crippen LogP contribution in [0.1, 0.15) is 16.7 Å². The zero-order valence-electron chi connectivity index (χ0n) is 10.8. The number of aliphatic hydroxyl groups excluding tert-OH is 3. The lowest BCUT2D eigenvalue weighted by atomic mass is 10.0. The maximum atomic E-state index is 9.66. The van der Waals surface area contributed by atoms with Crippen molar-refractivity contribution in [2.45, 2.75) is 25.9 Å². The molecule has 0 aliphatic rings. The van der Waals surface area contributed by atoms with E-state index in [-0.39, 0.29) is 25.6 Å². The SMILES string of the molecule is Cc1cc(CNC(CO)(CO)CO)cc(C)c1O. The number of phenolic OH excluding ortho intramolecular Hbond substituents is 1. The van der Waals surface area contributed by atoms with Crippen molar-refractivity contribution in [1.82, 2.24) is 5.32 Å². The molecule has 1 aromatic carbocycles. The molecular weight excluding hydrogens is 234 g/mol. The number of phenols is 1. The number of nitrogens with one attached hydrogen (secondary N) is 1. The quantitative estimate of drug-likeness (QED) is 0.486. The molecule has 5 N–H and O–H groups in total. The molecule has 0 saturated heterocycles. The third-order valence-electron chi connectivity index (χ3n) is 3.13. The molecule has 0 spiro atoms. The molecule has 18 heavy (non-hydrogen) atoms. The minimum Gasteiger partial charge on any atom is -0.507 e. The van der Waals surface area contributed by atoms with E-state index in [0.29, 0.717) is 6.54 Å². The fraction of sp³-hybridized carbons (Fsp3) is 0.538. The van der Waals surface area contributed by atoms with Crippen LogP contribution in [0.2, 0.25) is 0 Å². The highest BCUT2D eigenvalue weighted by atomic mass is 16.3. The highest BCUT2D eigenvalue weighted by molar-refractivity contribution is 5.42. The first-order valence-corrected chi connectivity index (χ1v) is 5.84. The third kappa shape index (κ3) is 3.20. The molecule has 5 nitrogen and oxygen atoms in total. The van der Waals surface area contributed by atoms with Crippen LogP contribution in [0.3, 0.4) is 0 Å². The van der Waals surface area contributed by atoms with Crippen LogP contribution in [-0.4, -0.2) is 45.8 Å². The summed E-state index contributed by atoms with van der Waals surface area (Å²) in [5.74, 6) is 0.275. The van der Waals surface area contributed by atoms with Gasteiger partial charge in [0, 0.05) is 6.54 Å². The molecule has 0 bridgehead atoms. The summed E-state index contributed by atoms with van der Waals surface area (Å²) in [5.41, 5.74) is 1.38. The number of hydrogen-bond acceptors (Lipinski definition) is 5. The lowest BCUT2D eigenvalue weighted by molar-refractivity contribution is 0.0414. The van der Waals surface area contributed by atoms with Gasteiger partial charge in [0.05, 0.1) is 25.4 Å². The monoisotopic (exact) mass is 255 g/mol. The van der Waals surface area contributed by atoms with E-state index in [9.17, 15) is 20.4 Å². The van der Waals surface area contributed by atoms with E-state index >= 15 is 0 Å². The Labute approximate surface area is 107 Å². The van der Waals surface area contributed by atoms with E-state index in [1.807, 2.05) is 26.0 Å². The fourth-order valence-corrected chi connectivity index (χ4v) is 1.75. The summed E-state index contributed by atoms with van der Waals surface area (Å²) in [5, 5.41) is 40.2. The summed E-state index contributed by atoms with van der Waals surface area (Å²) >= 11 is 0. The van der Waals surface area contributed by atoms with Crippen molar-refractivity contribution in [3.63, 3.8) is 0 Å². The van der Waals surface area contributed by atoms with E-state index in [2.05, 4.69) is 5.32 Å². The summed E-state index contributed by atoms with van der Waals surface area (Å²) in [6, 6.07) is 3.65. The van der Waals surface area contributed by atoms with E-state index in [4.69, 9.17) is 0 Å². The van der Waals surface area contributed by atoms with Gasteiger partial charge in [-0.2, -0.15) is 0 Å². The molecule has 0 unspecified atom stereocenters. The van der Waals surface area contributed by atoms with Gasteiger partial charge in [0.2, 0.25) is 0 Å². The van der Waals surface area contributed by atoms with Crippen LogP contribution in [0.25, 0.3) is 0 Å². The van der Waals surface area contributed by atoms with E-state index in [1.54, 1.807) is 0 Å². The maximum Gasteiger partial charge on any atom is 0.121 e. The van der Waals surface area contributed by atoms with Gasteiger partial charge in [-0.1, -0.05) is 12.1 Å². The Kier molecular flexibility index (Phi) is 5.10. The molecule has 1 aromatic rings. The van der Waals surface area contributed by atoms with Crippen molar-refractivity contribution < 1.29 is 20.4 Å². The van der Waals surface area contributed by atoms with Crippen molar-refractivity contribution in [2.75, 3.05) is 19.8 Å². The Morgan fingerprint density at radius 3 is 1.83 bits per heavy atom. The highest BCUT2D eigenvalue weighted by Crippen LogP contribution is 2.23. The molecule has 0 amide bonds. The van der Waals surface area contributed by atoms with E-state index in [1.165, 1.54) is 0 Å². The number of benzene rings is 1. The fourth-order valence-electron chi connectivity index (χ4n) is 1.75. The Morgan fingerprint density at radius 2 is 1.44 bits per heavy atom. The second-order valence-electron chi connectivity index (χ2n) is 4.69. The number of aliphatic hydroxyl groups is 3. The van der Waals surface area contributed by atoms with Gasteiger partial charge in [-0.3, -0.25) is 0 Å². The minimum atomic E-state index is -1.08. The minimum absolute atomic E-state index is 0.275. The lowest BCUT2D eigenvalue weighted by Crippen LogP contribution is -2.54. The summed E-state index contributed by atoms with van der Waals surface area (Å²) in [6.45, 7) is 2.96. The second kappa shape index (κ2) is 6.15. The Balaban J connectivity index is 2.80. The lowest BCUT2D eigenvalue weighted by Gasteiger charge is -2.29. The van der Waals surface area contributed by atoms with Crippen LogP contribution >= 0.6 is 0 Å². The molecule has 0 aliphatic carbocycles. The predicted molar refractivity (Wildman–Crippen MR) is 68.4 cm³/mol. The predicted octanol–water partition coefficient (Wildman–Crippen LogP) is -0.186. The molecule has 0 atom stereocenters. The number of hydrogen-bond donors (Lipinski definition) is 5. The van der Waals surface area contributed by atoms with Crippen LogP contribution in [-0.2, 0) is 6.54 Å². The normalized spacial score (nSPS) is 11.8. The van der Waals surface area contributed by atoms with Crippen molar-refractivity contribution in [2.24, 2.45) is 0 Å². The van der Waals surface area contributed by atoms with Gasteiger partial charge in [-0.25, -0.2) is 0 Å². The number of aryl methyl sites for hydroxylation is 2. The summed E-state index contributed by atoms with van der Waals surface area (Å²) < 4.78 is 0. The zero-order chi connectivity index (χ0) is 13.8. The number of aromatic hydroxyl groups is 1. The third-order valence-corrected chi connectivity index (χ3v) is 3.13. The van der Waals surface area contributed by atoms with Crippen LogP contribution < -0.4 is 5.32 Å². The molecule has 5 heteroatoms. The molecule has 0 heterocycles. The average Bonchev–Trinajstić information content (AvgIpc) is 2.38. The van der Waals surface area contributed by atoms with Crippen molar-refractivity contribution in [3.8, 4) is 5.75 Å². The summed E-state index contributed by atoms with van der Waals surface area (Å²) in [6.07, 6.45) is 0. The highest BCUT2D eigenvalue weighted by Gasteiger charge is 2.27. The molecule has 0 saturated carbocycles. The first-order valence-electron chi connectivity index (χ1n) is 5.84. The van der Waals surface area contributed by atoms with Crippen LogP contribution in [0.15, 0.2) is 12.1 Å². The average molecular weight is 255 g/mol. The zero-order valence-corrected chi connectivity index (χ0v) is 10.8. The van der Waals surface area contributed by atoms with Crippen molar-refractivity contribution in [1.29, 1.82) is 0 Å². The van der Waals surface area contributed by atoms with Crippen molar-refractivity contribution in [3.05, 3.63) is 28.8 Å². The molecule has 102 valence electrons.